The van der Waals surface area contributed by atoms with Crippen molar-refractivity contribution < 1.29 is 4.79 Å². The van der Waals surface area contributed by atoms with E-state index in [4.69, 9.17) is 0 Å². The topological polar surface area (TPSA) is 23.6 Å². The lowest BCUT2D eigenvalue weighted by atomic mass is 10.0. The molecule has 0 radical (unpaired) electrons. The lowest BCUT2D eigenvalue weighted by molar-refractivity contribution is 0.101. The van der Waals surface area contributed by atoms with E-state index in [0.29, 0.717) is 12.1 Å². The molecular weight excluding hydrogens is 295 g/mol. The second kappa shape index (κ2) is 9.14. The molecule has 0 amide bonds. The highest BCUT2D eigenvalue weighted by molar-refractivity contribution is 6.08. The first-order chi connectivity index (χ1) is 8.66. The van der Waals surface area contributed by atoms with Crippen LogP contribution >= 0.6 is 24.8 Å². The average Bonchev–Trinajstić information content (AvgIpc) is 2.41. The number of piperazine rings is 1. The summed E-state index contributed by atoms with van der Waals surface area (Å²) in [6, 6.07) is 9.38. The van der Waals surface area contributed by atoms with E-state index in [9.17, 15) is 4.79 Å². The number of carbonyl (C=O) groups is 1. The standard InChI is InChI=1S/C15H20N2O.2ClH/c1-13(12-17-10-8-16(2)9-11-17)15(18)14-6-4-3-5-7-14;;/h3-7H,1,8-12H2,2H3;2*1H. The van der Waals surface area contributed by atoms with Gasteiger partial charge in [-0.1, -0.05) is 36.9 Å². The van der Waals surface area contributed by atoms with Crippen LogP contribution in [0.15, 0.2) is 42.5 Å². The van der Waals surface area contributed by atoms with Crippen molar-refractivity contribution in [2.45, 2.75) is 0 Å². The Morgan fingerprint density at radius 3 is 2.20 bits per heavy atom. The Morgan fingerprint density at radius 1 is 1.10 bits per heavy atom. The molecule has 1 saturated heterocycles. The minimum atomic E-state index is 0. The van der Waals surface area contributed by atoms with Crippen molar-refractivity contribution in [3.05, 3.63) is 48.0 Å². The Balaban J connectivity index is 0.00000180. The highest BCUT2D eigenvalue weighted by atomic mass is 35.5. The first kappa shape index (κ1) is 19.1. The molecule has 0 bridgehead atoms. The van der Waals surface area contributed by atoms with Crippen LogP contribution in [0.1, 0.15) is 10.4 Å². The lowest BCUT2D eigenvalue weighted by Gasteiger charge is -2.32. The van der Waals surface area contributed by atoms with Gasteiger partial charge in [-0.2, -0.15) is 0 Å². The van der Waals surface area contributed by atoms with Crippen molar-refractivity contribution in [1.29, 1.82) is 0 Å². The smallest absolute Gasteiger partial charge is 0.189 e. The number of hydrogen-bond acceptors (Lipinski definition) is 3. The predicted molar refractivity (Wildman–Crippen MR) is 88.3 cm³/mol. The van der Waals surface area contributed by atoms with Crippen LogP contribution in [0.25, 0.3) is 0 Å². The molecule has 0 saturated carbocycles. The molecule has 1 aromatic carbocycles. The third-order valence-corrected chi connectivity index (χ3v) is 3.37. The van der Waals surface area contributed by atoms with Crippen molar-refractivity contribution in [1.82, 2.24) is 9.80 Å². The SMILES string of the molecule is C=C(CN1CCN(C)CC1)C(=O)c1ccccc1.Cl.Cl. The van der Waals surface area contributed by atoms with Crippen LogP contribution in [0.5, 0.6) is 0 Å². The quantitative estimate of drug-likeness (QED) is 0.630. The fraction of sp³-hybridized carbons (Fsp3) is 0.400. The van der Waals surface area contributed by atoms with E-state index in [0.717, 1.165) is 31.7 Å². The summed E-state index contributed by atoms with van der Waals surface area (Å²) in [6.45, 7) is 8.77. The van der Waals surface area contributed by atoms with Gasteiger partial charge in [0.15, 0.2) is 5.78 Å². The largest absolute Gasteiger partial charge is 0.304 e. The number of likely N-dealkylation sites (N-methyl/N-ethyl adjacent to an activating group) is 1. The number of rotatable bonds is 4. The highest BCUT2D eigenvalue weighted by Crippen LogP contribution is 2.09. The van der Waals surface area contributed by atoms with Crippen LogP contribution in [0.3, 0.4) is 0 Å². The Morgan fingerprint density at radius 2 is 1.65 bits per heavy atom. The van der Waals surface area contributed by atoms with Gasteiger partial charge in [-0.25, -0.2) is 0 Å². The summed E-state index contributed by atoms with van der Waals surface area (Å²) in [5, 5.41) is 0. The van der Waals surface area contributed by atoms with E-state index >= 15 is 0 Å². The maximum absolute atomic E-state index is 12.1. The fourth-order valence-corrected chi connectivity index (χ4v) is 2.14. The van der Waals surface area contributed by atoms with Gasteiger partial charge in [0.2, 0.25) is 0 Å². The summed E-state index contributed by atoms with van der Waals surface area (Å²) >= 11 is 0. The average molecular weight is 317 g/mol. The molecule has 5 heteroatoms. The number of hydrogen-bond donors (Lipinski definition) is 0. The number of benzene rings is 1. The molecule has 0 unspecified atom stereocenters. The summed E-state index contributed by atoms with van der Waals surface area (Å²) in [5.41, 5.74) is 1.42. The Labute approximate surface area is 133 Å². The van der Waals surface area contributed by atoms with Gasteiger partial charge in [-0.3, -0.25) is 9.69 Å². The Kier molecular flexibility index (Phi) is 8.74. The zero-order valence-electron chi connectivity index (χ0n) is 11.7. The molecule has 1 aromatic rings. The van der Waals surface area contributed by atoms with Crippen LogP contribution in [0.4, 0.5) is 0 Å². The molecule has 1 aliphatic rings. The van der Waals surface area contributed by atoms with Crippen LogP contribution in [0, 0.1) is 0 Å². The summed E-state index contributed by atoms with van der Waals surface area (Å²) < 4.78 is 0. The first-order valence-electron chi connectivity index (χ1n) is 6.35. The summed E-state index contributed by atoms with van der Waals surface area (Å²) in [5.74, 6) is 0.0644. The van der Waals surface area contributed by atoms with E-state index < -0.39 is 0 Å². The molecule has 112 valence electrons. The lowest BCUT2D eigenvalue weighted by Crippen LogP contribution is -2.45. The minimum Gasteiger partial charge on any atom is -0.304 e. The van der Waals surface area contributed by atoms with Gasteiger partial charge in [0.05, 0.1) is 0 Å². The molecule has 0 aliphatic carbocycles. The maximum Gasteiger partial charge on any atom is 0.189 e. The van der Waals surface area contributed by atoms with Crippen molar-refractivity contribution in [3.8, 4) is 0 Å². The molecule has 3 nitrogen and oxygen atoms in total. The van der Waals surface area contributed by atoms with Crippen molar-refractivity contribution in [3.63, 3.8) is 0 Å². The second-order valence-electron chi connectivity index (χ2n) is 4.88. The van der Waals surface area contributed by atoms with E-state index in [1.54, 1.807) is 0 Å². The first-order valence-corrected chi connectivity index (χ1v) is 6.35. The van der Waals surface area contributed by atoms with Gasteiger partial charge >= 0.3 is 0 Å². The second-order valence-corrected chi connectivity index (χ2v) is 4.88. The van der Waals surface area contributed by atoms with Gasteiger partial charge < -0.3 is 4.90 Å². The van der Waals surface area contributed by atoms with Crippen molar-refractivity contribution >= 4 is 30.6 Å². The molecular formula is C15H22Cl2N2O. The summed E-state index contributed by atoms with van der Waals surface area (Å²) in [4.78, 5) is 16.7. The maximum atomic E-state index is 12.1. The van der Waals surface area contributed by atoms with Gasteiger partial charge in [-0.15, -0.1) is 24.8 Å². The third kappa shape index (κ3) is 5.25. The van der Waals surface area contributed by atoms with E-state index in [1.165, 1.54) is 0 Å². The zero-order valence-corrected chi connectivity index (χ0v) is 13.4. The third-order valence-electron chi connectivity index (χ3n) is 3.37. The van der Waals surface area contributed by atoms with E-state index in [2.05, 4.69) is 23.4 Å². The van der Waals surface area contributed by atoms with E-state index in [1.807, 2.05) is 30.3 Å². The van der Waals surface area contributed by atoms with Crippen LogP contribution in [0.2, 0.25) is 0 Å². The predicted octanol–water partition coefficient (Wildman–Crippen LogP) is 2.52. The minimum absolute atomic E-state index is 0. The molecule has 20 heavy (non-hydrogen) atoms. The zero-order chi connectivity index (χ0) is 13.0. The van der Waals surface area contributed by atoms with Gasteiger partial charge in [0.25, 0.3) is 0 Å². The van der Waals surface area contributed by atoms with Crippen molar-refractivity contribution in [2.75, 3.05) is 39.8 Å². The summed E-state index contributed by atoms with van der Waals surface area (Å²) in [7, 11) is 2.13. The van der Waals surface area contributed by atoms with Gasteiger partial charge in [0, 0.05) is 43.9 Å². The van der Waals surface area contributed by atoms with Crippen LogP contribution in [-0.2, 0) is 0 Å². The monoisotopic (exact) mass is 316 g/mol. The van der Waals surface area contributed by atoms with Crippen LogP contribution < -0.4 is 0 Å². The molecule has 0 spiro atoms. The molecule has 0 atom stereocenters. The normalized spacial score (nSPS) is 15.8. The van der Waals surface area contributed by atoms with E-state index in [-0.39, 0.29) is 30.6 Å². The number of halogens is 2. The fourth-order valence-electron chi connectivity index (χ4n) is 2.14. The summed E-state index contributed by atoms with van der Waals surface area (Å²) in [6.07, 6.45) is 0. The molecule has 2 rings (SSSR count). The molecule has 1 fully saturated rings. The van der Waals surface area contributed by atoms with Gasteiger partial charge in [0.1, 0.15) is 0 Å². The van der Waals surface area contributed by atoms with Gasteiger partial charge in [-0.05, 0) is 7.05 Å². The van der Waals surface area contributed by atoms with Crippen LogP contribution in [-0.4, -0.2) is 55.4 Å². The molecule has 0 aromatic heterocycles. The molecule has 1 aliphatic heterocycles. The number of ketones is 1. The molecule has 1 heterocycles. The Bertz CT molecular complexity index is 429. The van der Waals surface area contributed by atoms with Crippen molar-refractivity contribution in [2.24, 2.45) is 0 Å². The number of carbonyl (C=O) groups excluding carboxylic acids is 1. The number of Topliss-reactive ketones (excluding diaryl/α,β-unsaturated/α-hetero) is 1. The molecule has 0 N–H and O–H groups in total. The number of nitrogens with zero attached hydrogens (tertiary/aromatic N) is 2. The Hall–Kier alpha value is -0.870. The highest BCUT2D eigenvalue weighted by Gasteiger charge is 2.17.